The predicted molar refractivity (Wildman–Crippen MR) is 97.3 cm³/mol. The second-order valence-electron chi connectivity index (χ2n) is 6.68. The van der Waals surface area contributed by atoms with Gasteiger partial charge in [0.15, 0.2) is 0 Å². The molecule has 2 amide bonds. The molecule has 2 aliphatic rings. The fourth-order valence-electron chi connectivity index (χ4n) is 3.49. The van der Waals surface area contributed by atoms with Crippen molar-refractivity contribution in [3.63, 3.8) is 0 Å². The Labute approximate surface area is 148 Å². The molecule has 1 N–H and O–H groups in total. The van der Waals surface area contributed by atoms with E-state index in [1.807, 2.05) is 29.2 Å². The standard InChI is InChI=1S/C19H26N2O2S/c22-18(21-12-6-7-13-21)14-24-17-11-5-4-10-16(17)19(23)20-15-8-2-1-3-9-15/h4-5,10-11,15H,1-3,6-9,12-14H2,(H,20,23). The van der Waals surface area contributed by atoms with Crippen LogP contribution in [-0.4, -0.2) is 41.6 Å². The number of thioether (sulfide) groups is 1. The molecule has 1 saturated heterocycles. The van der Waals surface area contributed by atoms with Gasteiger partial charge in [-0.2, -0.15) is 0 Å². The zero-order chi connectivity index (χ0) is 16.8. The normalized spacial score (nSPS) is 18.6. The summed E-state index contributed by atoms with van der Waals surface area (Å²) in [6.07, 6.45) is 8.05. The minimum absolute atomic E-state index is 0.00128. The maximum atomic E-state index is 12.6. The van der Waals surface area contributed by atoms with E-state index < -0.39 is 0 Å². The van der Waals surface area contributed by atoms with E-state index in [-0.39, 0.29) is 11.8 Å². The summed E-state index contributed by atoms with van der Waals surface area (Å²) >= 11 is 1.48. The zero-order valence-corrected chi connectivity index (χ0v) is 14.9. The number of likely N-dealkylation sites (tertiary alicyclic amines) is 1. The Morgan fingerprint density at radius 2 is 1.75 bits per heavy atom. The van der Waals surface area contributed by atoms with Crippen molar-refractivity contribution >= 4 is 23.6 Å². The molecule has 5 heteroatoms. The topological polar surface area (TPSA) is 49.4 Å². The van der Waals surface area contributed by atoms with Gasteiger partial charge in [-0.1, -0.05) is 31.4 Å². The molecule has 1 aliphatic carbocycles. The van der Waals surface area contributed by atoms with Crippen molar-refractivity contribution < 1.29 is 9.59 Å². The SMILES string of the molecule is O=C(NC1CCCCC1)c1ccccc1SCC(=O)N1CCCC1. The van der Waals surface area contributed by atoms with Crippen LogP contribution in [0.2, 0.25) is 0 Å². The lowest BCUT2D eigenvalue weighted by Crippen LogP contribution is -2.36. The highest BCUT2D eigenvalue weighted by atomic mass is 32.2. The van der Waals surface area contributed by atoms with Crippen LogP contribution < -0.4 is 5.32 Å². The Balaban J connectivity index is 1.59. The van der Waals surface area contributed by atoms with E-state index in [1.165, 1.54) is 31.0 Å². The molecule has 4 nitrogen and oxygen atoms in total. The predicted octanol–water partition coefficient (Wildman–Crippen LogP) is 3.46. The summed E-state index contributed by atoms with van der Waals surface area (Å²) in [5.41, 5.74) is 0.697. The second kappa shape index (κ2) is 8.56. The van der Waals surface area contributed by atoms with Crippen molar-refractivity contribution in [1.82, 2.24) is 10.2 Å². The van der Waals surface area contributed by atoms with Crippen LogP contribution in [0.15, 0.2) is 29.2 Å². The van der Waals surface area contributed by atoms with Crippen molar-refractivity contribution in [2.45, 2.75) is 55.9 Å². The number of amides is 2. The average molecular weight is 346 g/mol. The van der Waals surface area contributed by atoms with Crippen molar-refractivity contribution in [2.24, 2.45) is 0 Å². The summed E-state index contributed by atoms with van der Waals surface area (Å²) in [7, 11) is 0. The van der Waals surface area contributed by atoms with Crippen LogP contribution in [0.25, 0.3) is 0 Å². The molecule has 0 aromatic heterocycles. The molecular formula is C19H26N2O2S. The Morgan fingerprint density at radius 3 is 2.50 bits per heavy atom. The molecule has 0 radical (unpaired) electrons. The molecule has 24 heavy (non-hydrogen) atoms. The minimum Gasteiger partial charge on any atom is -0.349 e. The number of rotatable bonds is 5. The smallest absolute Gasteiger partial charge is 0.252 e. The van der Waals surface area contributed by atoms with Gasteiger partial charge in [-0.3, -0.25) is 9.59 Å². The largest absolute Gasteiger partial charge is 0.349 e. The molecule has 1 aromatic carbocycles. The summed E-state index contributed by atoms with van der Waals surface area (Å²) in [4.78, 5) is 27.7. The number of hydrogen-bond acceptors (Lipinski definition) is 3. The lowest BCUT2D eigenvalue weighted by molar-refractivity contribution is -0.127. The number of benzene rings is 1. The van der Waals surface area contributed by atoms with Gasteiger partial charge >= 0.3 is 0 Å². The van der Waals surface area contributed by atoms with Gasteiger partial charge in [0.1, 0.15) is 0 Å². The van der Waals surface area contributed by atoms with Crippen LogP contribution in [-0.2, 0) is 4.79 Å². The summed E-state index contributed by atoms with van der Waals surface area (Å²) in [6, 6.07) is 7.93. The van der Waals surface area contributed by atoms with E-state index in [1.54, 1.807) is 0 Å². The van der Waals surface area contributed by atoms with Crippen LogP contribution >= 0.6 is 11.8 Å². The third-order valence-electron chi connectivity index (χ3n) is 4.88. The third kappa shape index (κ3) is 4.53. The molecule has 0 spiro atoms. The highest BCUT2D eigenvalue weighted by Gasteiger charge is 2.21. The summed E-state index contributed by atoms with van der Waals surface area (Å²) in [5, 5.41) is 3.17. The average Bonchev–Trinajstić information content (AvgIpc) is 3.15. The van der Waals surface area contributed by atoms with Gasteiger partial charge < -0.3 is 10.2 Å². The van der Waals surface area contributed by atoms with Crippen LogP contribution in [0.4, 0.5) is 0 Å². The fraction of sp³-hybridized carbons (Fsp3) is 0.579. The van der Waals surface area contributed by atoms with E-state index in [9.17, 15) is 9.59 Å². The van der Waals surface area contributed by atoms with Crippen LogP contribution in [0, 0.1) is 0 Å². The monoisotopic (exact) mass is 346 g/mol. The van der Waals surface area contributed by atoms with Gasteiger partial charge in [0.05, 0.1) is 11.3 Å². The van der Waals surface area contributed by atoms with E-state index in [4.69, 9.17) is 0 Å². The Kier molecular flexibility index (Phi) is 6.18. The Bertz CT molecular complexity index is 578. The molecular weight excluding hydrogens is 320 g/mol. The van der Waals surface area contributed by atoms with E-state index in [0.29, 0.717) is 17.4 Å². The van der Waals surface area contributed by atoms with Crippen LogP contribution in [0.3, 0.4) is 0 Å². The molecule has 0 atom stereocenters. The van der Waals surface area contributed by atoms with Crippen LogP contribution in [0.1, 0.15) is 55.3 Å². The first-order valence-electron chi connectivity index (χ1n) is 9.04. The lowest BCUT2D eigenvalue weighted by atomic mass is 9.95. The summed E-state index contributed by atoms with van der Waals surface area (Å²) in [5.74, 6) is 0.590. The zero-order valence-electron chi connectivity index (χ0n) is 14.1. The molecule has 1 heterocycles. The maximum absolute atomic E-state index is 12.6. The number of nitrogens with one attached hydrogen (secondary N) is 1. The van der Waals surface area contributed by atoms with Crippen molar-refractivity contribution in [3.05, 3.63) is 29.8 Å². The van der Waals surface area contributed by atoms with E-state index >= 15 is 0 Å². The molecule has 130 valence electrons. The second-order valence-corrected chi connectivity index (χ2v) is 7.70. The lowest BCUT2D eigenvalue weighted by Gasteiger charge is -2.23. The number of nitrogens with zero attached hydrogens (tertiary/aromatic N) is 1. The van der Waals surface area contributed by atoms with Gasteiger partial charge in [-0.15, -0.1) is 11.8 Å². The molecule has 2 fully saturated rings. The van der Waals surface area contributed by atoms with Gasteiger partial charge in [-0.05, 0) is 37.8 Å². The fourth-order valence-corrected chi connectivity index (χ4v) is 4.44. The molecule has 0 bridgehead atoms. The summed E-state index contributed by atoms with van der Waals surface area (Å²) < 4.78 is 0. The van der Waals surface area contributed by atoms with Crippen molar-refractivity contribution in [1.29, 1.82) is 0 Å². The van der Waals surface area contributed by atoms with Crippen LogP contribution in [0.5, 0.6) is 0 Å². The molecule has 0 unspecified atom stereocenters. The quantitative estimate of drug-likeness (QED) is 0.831. The third-order valence-corrected chi connectivity index (χ3v) is 5.94. The Morgan fingerprint density at radius 1 is 1.04 bits per heavy atom. The van der Waals surface area contributed by atoms with E-state index in [0.717, 1.165) is 43.7 Å². The first-order chi connectivity index (χ1) is 11.7. The number of hydrogen-bond donors (Lipinski definition) is 1. The number of carbonyl (C=O) groups excluding carboxylic acids is 2. The highest BCUT2D eigenvalue weighted by molar-refractivity contribution is 8.00. The first kappa shape index (κ1) is 17.3. The number of carbonyl (C=O) groups is 2. The van der Waals surface area contributed by atoms with Gasteiger partial charge in [0.25, 0.3) is 5.91 Å². The molecule has 1 saturated carbocycles. The maximum Gasteiger partial charge on any atom is 0.252 e. The molecule has 1 aliphatic heterocycles. The molecule has 3 rings (SSSR count). The van der Waals surface area contributed by atoms with Crippen molar-refractivity contribution in [3.8, 4) is 0 Å². The van der Waals surface area contributed by atoms with Gasteiger partial charge in [0.2, 0.25) is 5.91 Å². The minimum atomic E-state index is -0.00128. The first-order valence-corrected chi connectivity index (χ1v) is 10.0. The van der Waals surface area contributed by atoms with E-state index in [2.05, 4.69) is 5.32 Å². The highest BCUT2D eigenvalue weighted by Crippen LogP contribution is 2.25. The summed E-state index contributed by atoms with van der Waals surface area (Å²) in [6.45, 7) is 1.76. The van der Waals surface area contributed by atoms with Gasteiger partial charge in [0, 0.05) is 24.0 Å². The van der Waals surface area contributed by atoms with Gasteiger partial charge in [-0.25, -0.2) is 0 Å². The van der Waals surface area contributed by atoms with Crippen molar-refractivity contribution in [2.75, 3.05) is 18.8 Å². The Hall–Kier alpha value is -1.49. The molecule has 1 aromatic rings.